The van der Waals surface area contributed by atoms with Crippen LogP contribution in [0.2, 0.25) is 0 Å². The number of ether oxygens (including phenoxy) is 1. The van der Waals surface area contributed by atoms with Gasteiger partial charge in [-0.05, 0) is 56.2 Å². The summed E-state index contributed by atoms with van der Waals surface area (Å²) in [5.41, 5.74) is 2.49. The van der Waals surface area contributed by atoms with Gasteiger partial charge in [-0.15, -0.1) is 11.3 Å². The molecule has 2 aliphatic carbocycles. The molecule has 0 radical (unpaired) electrons. The number of sulfone groups is 1. The van der Waals surface area contributed by atoms with Crippen LogP contribution in [0.5, 0.6) is 0 Å². The summed E-state index contributed by atoms with van der Waals surface area (Å²) >= 11 is 1.75. The van der Waals surface area contributed by atoms with E-state index < -0.39 is 15.4 Å². The van der Waals surface area contributed by atoms with Gasteiger partial charge in [-0.3, -0.25) is 4.79 Å². The number of carbonyl (C=O) groups is 1. The van der Waals surface area contributed by atoms with Crippen LogP contribution in [0.15, 0.2) is 24.3 Å². The van der Waals surface area contributed by atoms with E-state index in [-0.39, 0.29) is 29.2 Å². The number of rotatable bonds is 6. The minimum atomic E-state index is -2.93. The maximum Gasteiger partial charge on any atom is 0.225 e. The zero-order valence-electron chi connectivity index (χ0n) is 22.2. The van der Waals surface area contributed by atoms with Gasteiger partial charge in [0.2, 0.25) is 5.91 Å². The molecule has 1 aromatic carbocycles. The molecule has 2 atom stereocenters. The normalized spacial score (nSPS) is 26.5. The highest BCUT2D eigenvalue weighted by molar-refractivity contribution is 7.91. The monoisotopic (exact) mass is 568 g/mol. The van der Waals surface area contributed by atoms with Gasteiger partial charge in [0, 0.05) is 49.7 Å². The van der Waals surface area contributed by atoms with Crippen molar-refractivity contribution in [1.82, 2.24) is 10.3 Å². The first-order valence-electron chi connectivity index (χ1n) is 14.2. The van der Waals surface area contributed by atoms with Crippen LogP contribution in [0.3, 0.4) is 0 Å². The summed E-state index contributed by atoms with van der Waals surface area (Å²) in [6, 6.07) is 10.7. The first-order chi connectivity index (χ1) is 18.9. The Morgan fingerprint density at radius 3 is 2.44 bits per heavy atom. The van der Waals surface area contributed by atoms with Crippen LogP contribution in [-0.2, 0) is 19.4 Å². The van der Waals surface area contributed by atoms with E-state index in [0.717, 1.165) is 91.4 Å². The molecule has 1 amide bonds. The van der Waals surface area contributed by atoms with Gasteiger partial charge in [0.05, 0.1) is 33.2 Å². The Bertz CT molecular complexity index is 1340. The predicted octanol–water partition coefficient (Wildman–Crippen LogP) is 4.39. The van der Waals surface area contributed by atoms with E-state index in [2.05, 4.69) is 40.6 Å². The van der Waals surface area contributed by atoms with E-state index in [1.807, 2.05) is 0 Å². The Labute approximate surface area is 234 Å². The molecule has 6 rings (SSSR count). The van der Waals surface area contributed by atoms with Gasteiger partial charge in [-0.2, -0.15) is 5.26 Å². The van der Waals surface area contributed by atoms with Crippen molar-refractivity contribution in [2.45, 2.75) is 68.7 Å². The Morgan fingerprint density at radius 2 is 1.77 bits per heavy atom. The largest absolute Gasteiger partial charge is 0.381 e. The SMILES string of the molecule is N#CC1(NC(=O)C2CCCCC2c2nc(C3CCOCC3)sc2-c2ccc(N3CCS(=O)(=O)CC3)cc2)CC1. The number of hydrogen-bond donors (Lipinski definition) is 1. The van der Waals surface area contributed by atoms with Gasteiger partial charge in [0.1, 0.15) is 5.54 Å². The lowest BCUT2D eigenvalue weighted by Gasteiger charge is -2.31. The number of anilines is 1. The molecule has 2 saturated heterocycles. The molecule has 2 aliphatic heterocycles. The van der Waals surface area contributed by atoms with Crippen molar-refractivity contribution in [3.05, 3.63) is 35.0 Å². The minimum absolute atomic E-state index is 0.000662. The number of amides is 1. The highest BCUT2D eigenvalue weighted by Gasteiger charge is 2.47. The summed E-state index contributed by atoms with van der Waals surface area (Å²) < 4.78 is 29.4. The van der Waals surface area contributed by atoms with Gasteiger partial charge < -0.3 is 15.0 Å². The summed E-state index contributed by atoms with van der Waals surface area (Å²) in [5.74, 6) is 0.610. The molecule has 1 N–H and O–H groups in total. The zero-order valence-corrected chi connectivity index (χ0v) is 23.9. The lowest BCUT2D eigenvalue weighted by molar-refractivity contribution is -0.127. The molecule has 2 aromatic rings. The fraction of sp³-hybridized carbons (Fsp3) is 0.621. The number of carbonyl (C=O) groups excluding carboxylic acids is 1. The molecule has 0 bridgehead atoms. The Morgan fingerprint density at radius 1 is 1.08 bits per heavy atom. The van der Waals surface area contributed by atoms with Gasteiger partial charge >= 0.3 is 0 Å². The average Bonchev–Trinajstić information content (AvgIpc) is 3.60. The highest BCUT2D eigenvalue weighted by atomic mass is 32.2. The fourth-order valence-electron chi connectivity index (χ4n) is 6.21. The molecule has 39 heavy (non-hydrogen) atoms. The number of benzene rings is 1. The van der Waals surface area contributed by atoms with Crippen LogP contribution < -0.4 is 10.2 Å². The van der Waals surface area contributed by atoms with Crippen LogP contribution in [0.4, 0.5) is 5.69 Å². The Hall–Kier alpha value is -2.48. The number of nitriles is 1. The molecule has 8 nitrogen and oxygen atoms in total. The zero-order chi connectivity index (χ0) is 27.0. The molecule has 10 heteroatoms. The third-order valence-electron chi connectivity index (χ3n) is 8.86. The van der Waals surface area contributed by atoms with E-state index in [9.17, 15) is 18.5 Å². The van der Waals surface area contributed by atoms with Crippen LogP contribution in [0.1, 0.15) is 73.9 Å². The van der Waals surface area contributed by atoms with Gasteiger partial charge in [-0.25, -0.2) is 13.4 Å². The Kier molecular flexibility index (Phi) is 7.42. The van der Waals surface area contributed by atoms with Crippen molar-refractivity contribution in [3.8, 4) is 16.5 Å². The molecule has 2 unspecified atom stereocenters. The predicted molar refractivity (Wildman–Crippen MR) is 152 cm³/mol. The standard InChI is InChI=1S/C29H36N4O4S2/c30-19-29(11-12-29)32-27(34)24-4-2-1-3-23(24)25-26(38-28(31-25)21-9-15-37-16-10-21)20-5-7-22(8-6-20)33-13-17-39(35,36)18-14-33/h5-8,21,23-24H,1-4,9-18H2,(H,32,34). The van der Waals surface area contributed by atoms with Crippen molar-refractivity contribution in [3.63, 3.8) is 0 Å². The summed E-state index contributed by atoms with van der Waals surface area (Å²) in [6.45, 7) is 2.54. The van der Waals surface area contributed by atoms with E-state index in [1.165, 1.54) is 0 Å². The Balaban J connectivity index is 1.31. The van der Waals surface area contributed by atoms with Gasteiger partial charge in [0.15, 0.2) is 9.84 Å². The maximum atomic E-state index is 13.5. The highest BCUT2D eigenvalue weighted by Crippen LogP contribution is 2.47. The van der Waals surface area contributed by atoms with Crippen LogP contribution in [0, 0.1) is 17.2 Å². The number of aromatic nitrogens is 1. The molecule has 2 saturated carbocycles. The number of nitrogens with one attached hydrogen (secondary N) is 1. The van der Waals surface area contributed by atoms with E-state index in [0.29, 0.717) is 19.0 Å². The van der Waals surface area contributed by atoms with Crippen molar-refractivity contribution >= 4 is 32.8 Å². The molecule has 0 spiro atoms. The lowest BCUT2D eigenvalue weighted by atomic mass is 9.76. The molecule has 4 fully saturated rings. The third-order valence-corrected chi connectivity index (χ3v) is 11.8. The number of thiazole rings is 1. The van der Waals surface area contributed by atoms with Crippen LogP contribution in [-0.4, -0.2) is 62.7 Å². The van der Waals surface area contributed by atoms with E-state index in [4.69, 9.17) is 9.72 Å². The second-order valence-corrected chi connectivity index (χ2v) is 14.9. The topological polar surface area (TPSA) is 112 Å². The molecule has 1 aromatic heterocycles. The van der Waals surface area contributed by atoms with Crippen molar-refractivity contribution in [2.24, 2.45) is 5.92 Å². The lowest BCUT2D eigenvalue weighted by Crippen LogP contribution is -2.42. The first-order valence-corrected chi connectivity index (χ1v) is 16.9. The number of nitrogens with zero attached hydrogens (tertiary/aromatic N) is 3. The summed E-state index contributed by atoms with van der Waals surface area (Å²) in [7, 11) is -2.93. The van der Waals surface area contributed by atoms with Crippen molar-refractivity contribution < 1.29 is 17.9 Å². The molecular formula is C29H36N4O4S2. The minimum Gasteiger partial charge on any atom is -0.381 e. The molecular weight excluding hydrogens is 532 g/mol. The quantitative estimate of drug-likeness (QED) is 0.550. The summed E-state index contributed by atoms with van der Waals surface area (Å²) in [5, 5.41) is 13.8. The average molecular weight is 569 g/mol. The van der Waals surface area contributed by atoms with Gasteiger partial charge in [0.25, 0.3) is 0 Å². The molecule has 208 valence electrons. The summed E-state index contributed by atoms with van der Waals surface area (Å²) in [6.07, 6.45) is 7.21. The first kappa shape index (κ1) is 26.7. The van der Waals surface area contributed by atoms with Crippen LogP contribution in [0.25, 0.3) is 10.4 Å². The smallest absolute Gasteiger partial charge is 0.225 e. The van der Waals surface area contributed by atoms with Gasteiger partial charge in [-0.1, -0.05) is 25.0 Å². The van der Waals surface area contributed by atoms with Crippen molar-refractivity contribution in [2.75, 3.05) is 42.7 Å². The molecule has 3 heterocycles. The maximum absolute atomic E-state index is 13.5. The third kappa shape index (κ3) is 5.72. The number of hydrogen-bond acceptors (Lipinski definition) is 8. The summed E-state index contributed by atoms with van der Waals surface area (Å²) in [4.78, 5) is 22.0. The second-order valence-electron chi connectivity index (χ2n) is 11.5. The van der Waals surface area contributed by atoms with E-state index in [1.54, 1.807) is 11.3 Å². The fourth-order valence-corrected chi connectivity index (χ4v) is 8.72. The van der Waals surface area contributed by atoms with E-state index >= 15 is 0 Å². The molecule has 4 aliphatic rings. The van der Waals surface area contributed by atoms with Crippen LogP contribution >= 0.6 is 11.3 Å². The second kappa shape index (κ2) is 10.8. The van der Waals surface area contributed by atoms with Crippen molar-refractivity contribution in [1.29, 1.82) is 5.26 Å².